The summed E-state index contributed by atoms with van der Waals surface area (Å²) >= 11 is 0. The molecule has 4 rings (SSSR count). The molecule has 0 bridgehead atoms. The molecular formula is C21H15BO4. The number of fused-ring (bicyclic) bond motifs is 1. The molecule has 1 aliphatic rings. The summed E-state index contributed by atoms with van der Waals surface area (Å²) in [5, 5.41) is 0. The zero-order chi connectivity index (χ0) is 18.1. The van der Waals surface area contributed by atoms with Gasteiger partial charge in [0.1, 0.15) is 13.4 Å². The first-order valence-corrected chi connectivity index (χ1v) is 8.15. The van der Waals surface area contributed by atoms with Crippen molar-refractivity contribution in [1.82, 2.24) is 0 Å². The van der Waals surface area contributed by atoms with Crippen LogP contribution < -0.4 is 14.9 Å². The second-order valence-corrected chi connectivity index (χ2v) is 5.94. The smallest absolute Gasteiger partial charge is 0.341 e. The molecule has 4 nitrogen and oxygen atoms in total. The third-order valence-electron chi connectivity index (χ3n) is 4.29. The summed E-state index contributed by atoms with van der Waals surface area (Å²) in [6, 6.07) is 22.3. The van der Waals surface area contributed by atoms with E-state index < -0.39 is 11.8 Å². The monoisotopic (exact) mass is 342 g/mol. The van der Waals surface area contributed by atoms with E-state index in [9.17, 15) is 4.79 Å². The second-order valence-electron chi connectivity index (χ2n) is 5.94. The maximum absolute atomic E-state index is 12.2. The van der Waals surface area contributed by atoms with E-state index in [0.29, 0.717) is 17.0 Å². The van der Waals surface area contributed by atoms with E-state index in [2.05, 4.69) is 0 Å². The number of rotatable bonds is 3. The maximum atomic E-state index is 12.2. The predicted octanol–water partition coefficient (Wildman–Crippen LogP) is 2.94. The van der Waals surface area contributed by atoms with Crippen LogP contribution in [-0.4, -0.2) is 20.9 Å². The molecule has 3 aromatic carbocycles. The summed E-state index contributed by atoms with van der Waals surface area (Å²) < 4.78 is 17.4. The average molecular weight is 342 g/mol. The number of ether oxygens (including phenoxy) is 3. The summed E-state index contributed by atoms with van der Waals surface area (Å²) in [4.78, 5) is 12.2. The second kappa shape index (κ2) is 6.26. The molecule has 0 unspecified atom stereocenters. The molecule has 0 amide bonds. The van der Waals surface area contributed by atoms with Crippen LogP contribution >= 0.6 is 0 Å². The Kier molecular flexibility index (Phi) is 3.92. The van der Waals surface area contributed by atoms with Crippen LogP contribution in [0, 0.1) is 0 Å². The third-order valence-corrected chi connectivity index (χ3v) is 4.29. The fourth-order valence-corrected chi connectivity index (χ4v) is 3.10. The normalized spacial score (nSPS) is 14.0. The van der Waals surface area contributed by atoms with E-state index in [4.69, 9.17) is 22.1 Å². The van der Waals surface area contributed by atoms with E-state index in [0.717, 1.165) is 11.1 Å². The average Bonchev–Trinajstić information content (AvgIpc) is 3.08. The Hall–Kier alpha value is -3.21. The molecule has 26 heavy (non-hydrogen) atoms. The van der Waals surface area contributed by atoms with Gasteiger partial charge in [0, 0.05) is 11.1 Å². The van der Waals surface area contributed by atoms with Crippen LogP contribution in [0.4, 0.5) is 0 Å². The van der Waals surface area contributed by atoms with Gasteiger partial charge >= 0.3 is 11.8 Å². The molecule has 0 atom stereocenters. The fourth-order valence-electron chi connectivity index (χ4n) is 3.10. The number of carbonyl (C=O) groups excluding carboxylic acids is 1. The Morgan fingerprint density at radius 1 is 0.923 bits per heavy atom. The van der Waals surface area contributed by atoms with E-state index in [-0.39, 0.29) is 5.56 Å². The maximum Gasteiger partial charge on any atom is 0.341 e. The molecule has 0 aromatic heterocycles. The molecule has 1 aliphatic heterocycles. The van der Waals surface area contributed by atoms with Crippen LogP contribution in [0.1, 0.15) is 21.5 Å². The molecule has 0 aliphatic carbocycles. The van der Waals surface area contributed by atoms with Crippen molar-refractivity contribution in [1.29, 1.82) is 0 Å². The van der Waals surface area contributed by atoms with Gasteiger partial charge in [0.15, 0.2) is 11.5 Å². The van der Waals surface area contributed by atoms with Gasteiger partial charge in [-0.15, -0.1) is 0 Å². The van der Waals surface area contributed by atoms with Gasteiger partial charge in [0.25, 0.3) is 0 Å². The topological polar surface area (TPSA) is 44.8 Å². The third kappa shape index (κ3) is 2.53. The minimum absolute atomic E-state index is 0.233. The number of esters is 1. The summed E-state index contributed by atoms with van der Waals surface area (Å²) in [5.74, 6) is -1.02. The van der Waals surface area contributed by atoms with Gasteiger partial charge in [0.05, 0.1) is 7.11 Å². The minimum atomic E-state index is -1.21. The molecule has 0 N–H and O–H groups in total. The first kappa shape index (κ1) is 16.3. The van der Waals surface area contributed by atoms with Crippen molar-refractivity contribution in [3.63, 3.8) is 0 Å². The summed E-state index contributed by atoms with van der Waals surface area (Å²) in [7, 11) is 7.26. The van der Waals surface area contributed by atoms with Crippen molar-refractivity contribution >= 4 is 19.3 Å². The van der Waals surface area contributed by atoms with Gasteiger partial charge in [-0.25, -0.2) is 4.79 Å². The van der Waals surface area contributed by atoms with Gasteiger partial charge in [-0.2, -0.15) is 0 Å². The van der Waals surface area contributed by atoms with Gasteiger partial charge < -0.3 is 14.2 Å². The van der Waals surface area contributed by atoms with E-state index in [1.807, 2.05) is 60.7 Å². The molecule has 126 valence electrons. The lowest BCUT2D eigenvalue weighted by atomic mass is 9.93. The van der Waals surface area contributed by atoms with Crippen molar-refractivity contribution in [3.05, 3.63) is 89.5 Å². The van der Waals surface area contributed by atoms with Crippen LogP contribution in [-0.2, 0) is 10.5 Å². The minimum Gasteiger partial charge on any atom is -0.465 e. The molecule has 2 radical (unpaired) electrons. The van der Waals surface area contributed by atoms with E-state index in [1.165, 1.54) is 13.2 Å². The van der Waals surface area contributed by atoms with Crippen LogP contribution in [0.2, 0.25) is 0 Å². The van der Waals surface area contributed by atoms with Crippen molar-refractivity contribution in [2.75, 3.05) is 7.11 Å². The Morgan fingerprint density at radius 3 is 2.04 bits per heavy atom. The quantitative estimate of drug-likeness (QED) is 0.542. The van der Waals surface area contributed by atoms with Gasteiger partial charge in [-0.1, -0.05) is 72.2 Å². The Bertz CT molecular complexity index is 915. The Morgan fingerprint density at radius 2 is 1.50 bits per heavy atom. The highest BCUT2D eigenvalue weighted by Gasteiger charge is 2.47. The molecular weight excluding hydrogens is 327 g/mol. The Balaban J connectivity index is 1.92. The molecule has 1 heterocycles. The molecule has 3 aromatic rings. The number of methoxy groups -OCH3 is 1. The van der Waals surface area contributed by atoms with Crippen molar-refractivity contribution in [2.24, 2.45) is 0 Å². The van der Waals surface area contributed by atoms with Gasteiger partial charge in [-0.05, 0) is 6.07 Å². The van der Waals surface area contributed by atoms with Crippen LogP contribution in [0.5, 0.6) is 11.5 Å². The van der Waals surface area contributed by atoms with Crippen molar-refractivity contribution in [2.45, 2.75) is 5.79 Å². The largest absolute Gasteiger partial charge is 0.465 e. The molecule has 0 fully saturated rings. The number of hydrogen-bond donors (Lipinski definition) is 0. The lowest BCUT2D eigenvalue weighted by Gasteiger charge is -2.28. The predicted molar refractivity (Wildman–Crippen MR) is 98.1 cm³/mol. The zero-order valence-corrected chi connectivity index (χ0v) is 14.1. The van der Waals surface area contributed by atoms with Crippen molar-refractivity contribution < 1.29 is 19.0 Å². The van der Waals surface area contributed by atoms with Crippen LogP contribution in [0.3, 0.4) is 0 Å². The van der Waals surface area contributed by atoms with Gasteiger partial charge in [0.2, 0.25) is 0 Å². The first-order chi connectivity index (χ1) is 12.6. The van der Waals surface area contributed by atoms with E-state index >= 15 is 0 Å². The summed E-state index contributed by atoms with van der Waals surface area (Å²) in [6.07, 6.45) is 0. The number of carbonyl (C=O) groups is 1. The highest BCUT2D eigenvalue weighted by Crippen LogP contribution is 2.48. The Labute approximate surface area is 152 Å². The van der Waals surface area contributed by atoms with Crippen molar-refractivity contribution in [3.8, 4) is 11.5 Å². The number of hydrogen-bond acceptors (Lipinski definition) is 4. The van der Waals surface area contributed by atoms with Crippen LogP contribution in [0.25, 0.3) is 0 Å². The molecule has 0 saturated carbocycles. The first-order valence-electron chi connectivity index (χ1n) is 8.15. The zero-order valence-electron chi connectivity index (χ0n) is 14.1. The lowest BCUT2D eigenvalue weighted by Crippen LogP contribution is -2.36. The van der Waals surface area contributed by atoms with Crippen LogP contribution in [0.15, 0.2) is 72.8 Å². The summed E-state index contributed by atoms with van der Waals surface area (Å²) in [6.45, 7) is 0. The van der Waals surface area contributed by atoms with E-state index in [1.54, 1.807) is 6.07 Å². The lowest BCUT2D eigenvalue weighted by molar-refractivity contribution is -0.0462. The highest BCUT2D eigenvalue weighted by molar-refractivity contribution is 6.33. The SMILES string of the molecule is [B]c1cc2c(c(C(=O)OC)c1)OC(c1ccccc1)(c1ccccc1)O2. The fraction of sp³-hybridized carbons (Fsp3) is 0.0952. The number of benzene rings is 3. The molecule has 5 heteroatoms. The summed E-state index contributed by atoms with van der Waals surface area (Å²) in [5.41, 5.74) is 2.23. The highest BCUT2D eigenvalue weighted by atomic mass is 16.7. The van der Waals surface area contributed by atoms with Gasteiger partial charge in [-0.3, -0.25) is 0 Å². The molecule has 0 spiro atoms. The molecule has 0 saturated heterocycles. The standard InChI is InChI=1S/C21H15BO4/c1-24-20(23)17-12-16(22)13-18-19(17)26-21(25-18,14-8-4-2-5-9-14)15-10-6-3-7-11-15/h2-13H,1H3.